The summed E-state index contributed by atoms with van der Waals surface area (Å²) in [5, 5.41) is 21.3. The molecular weight excluding hydrogens is 809 g/mol. The third-order valence-corrected chi connectivity index (χ3v) is 13.1. The smallest absolute Gasteiger partial charge is 0.304 e. The number of fused-ring (bicyclic) bond motifs is 2. The summed E-state index contributed by atoms with van der Waals surface area (Å²) in [7, 11) is -18.3. The van der Waals surface area contributed by atoms with Crippen LogP contribution in [0, 0.1) is 0 Å². The SMILES string of the molecule is CC1(C)C(/C=C2/C(=O)C(/C=C3\N(CCCS(=O)(=O)O)c4ccc(S(=O)(=O)O)cc4C3(C)CC(=O)O)=C2O)=[N+](CCCS(=O)(=O)O)c2ccc(S(=O)(=O)O)cc21. The number of aliphatic hydroxyl groups excluding tert-OH is 1. The van der Waals surface area contributed by atoms with Crippen molar-refractivity contribution in [2.24, 2.45) is 0 Å². The van der Waals surface area contributed by atoms with Crippen LogP contribution in [0.1, 0.15) is 51.2 Å². The van der Waals surface area contributed by atoms with E-state index in [9.17, 15) is 71.7 Å². The summed E-state index contributed by atoms with van der Waals surface area (Å²) in [6, 6.07) is 7.06. The van der Waals surface area contributed by atoms with Gasteiger partial charge in [-0.15, -0.1) is 0 Å². The second kappa shape index (κ2) is 14.0. The average molecular weight is 846 g/mol. The summed E-state index contributed by atoms with van der Waals surface area (Å²) < 4.78 is 134. The molecule has 0 saturated carbocycles. The molecule has 0 spiro atoms. The summed E-state index contributed by atoms with van der Waals surface area (Å²) in [4.78, 5) is 26.5. The number of Topliss-reactive ketones (excluding diaryl/α,β-unsaturated/α-hetero) is 1. The van der Waals surface area contributed by atoms with Crippen molar-refractivity contribution in [2.45, 2.75) is 60.7 Å². The highest BCUT2D eigenvalue weighted by molar-refractivity contribution is 7.86. The van der Waals surface area contributed by atoms with E-state index in [0.29, 0.717) is 17.0 Å². The summed E-state index contributed by atoms with van der Waals surface area (Å²) >= 11 is 0. The minimum atomic E-state index is -4.78. The van der Waals surface area contributed by atoms with E-state index in [4.69, 9.17) is 0 Å². The number of rotatable bonds is 14. The van der Waals surface area contributed by atoms with Gasteiger partial charge in [-0.2, -0.15) is 38.2 Å². The normalized spacial score (nSPS) is 21.4. The molecule has 0 amide bonds. The largest absolute Gasteiger partial charge is 0.506 e. The highest BCUT2D eigenvalue weighted by Gasteiger charge is 2.49. The van der Waals surface area contributed by atoms with Gasteiger partial charge in [0.15, 0.2) is 5.71 Å². The van der Waals surface area contributed by atoms with Crippen LogP contribution in [0.5, 0.6) is 0 Å². The topological polar surface area (TPSA) is 298 Å². The number of carboxylic acid groups (broad SMARTS) is 1. The van der Waals surface area contributed by atoms with Crippen molar-refractivity contribution in [3.8, 4) is 0 Å². The van der Waals surface area contributed by atoms with Gasteiger partial charge in [0.05, 0.1) is 44.3 Å². The van der Waals surface area contributed by atoms with Crippen LogP contribution in [0.4, 0.5) is 11.4 Å². The Morgan fingerprint density at radius 2 is 1.35 bits per heavy atom. The van der Waals surface area contributed by atoms with Gasteiger partial charge in [0, 0.05) is 47.5 Å². The van der Waals surface area contributed by atoms with Gasteiger partial charge in [-0.25, -0.2) is 0 Å². The zero-order valence-corrected chi connectivity index (χ0v) is 32.6. The van der Waals surface area contributed by atoms with Crippen molar-refractivity contribution in [1.29, 1.82) is 0 Å². The second-order valence-corrected chi connectivity index (χ2v) is 20.0. The van der Waals surface area contributed by atoms with Crippen LogP contribution in [0.15, 0.2) is 80.9 Å². The molecule has 18 nitrogen and oxygen atoms in total. The van der Waals surface area contributed by atoms with Gasteiger partial charge in [0.25, 0.3) is 40.5 Å². The first-order valence-corrected chi connectivity index (χ1v) is 22.4. The molecule has 0 radical (unpaired) electrons. The van der Waals surface area contributed by atoms with Gasteiger partial charge in [-0.3, -0.25) is 27.8 Å². The Hall–Kier alpha value is -4.29. The first-order chi connectivity index (χ1) is 25.1. The Morgan fingerprint density at radius 3 is 1.87 bits per heavy atom. The van der Waals surface area contributed by atoms with Crippen molar-refractivity contribution in [3.05, 3.63) is 82.3 Å². The van der Waals surface area contributed by atoms with Gasteiger partial charge >= 0.3 is 5.97 Å². The summed E-state index contributed by atoms with van der Waals surface area (Å²) in [5.41, 5.74) is -1.98. The summed E-state index contributed by atoms with van der Waals surface area (Å²) in [6.45, 7) is 4.46. The van der Waals surface area contributed by atoms with Crippen LogP contribution in [-0.2, 0) is 60.9 Å². The molecule has 1 aliphatic carbocycles. The van der Waals surface area contributed by atoms with E-state index in [1.54, 1.807) is 18.4 Å². The van der Waals surface area contributed by atoms with Crippen molar-refractivity contribution < 1.29 is 76.3 Å². The van der Waals surface area contributed by atoms with Crippen molar-refractivity contribution in [3.63, 3.8) is 0 Å². The summed E-state index contributed by atoms with van der Waals surface area (Å²) in [5.74, 6) is -4.05. The van der Waals surface area contributed by atoms with E-state index in [1.807, 2.05) is 0 Å². The number of allylic oxidation sites excluding steroid dienone is 5. The first kappa shape index (κ1) is 41.9. The average Bonchev–Trinajstić information content (AvgIpc) is 3.38. The fourth-order valence-electron chi connectivity index (χ4n) is 7.19. The lowest BCUT2D eigenvalue weighted by molar-refractivity contribution is -0.437. The van der Waals surface area contributed by atoms with E-state index in [2.05, 4.69) is 0 Å². The molecule has 2 heterocycles. The van der Waals surface area contributed by atoms with E-state index in [-0.39, 0.29) is 54.0 Å². The van der Waals surface area contributed by atoms with E-state index >= 15 is 0 Å². The van der Waals surface area contributed by atoms with Gasteiger partial charge in [-0.05, 0) is 69.2 Å². The number of carboxylic acids is 1. The van der Waals surface area contributed by atoms with Crippen LogP contribution < -0.4 is 4.90 Å². The molecule has 298 valence electrons. The van der Waals surface area contributed by atoms with Crippen molar-refractivity contribution in [2.75, 3.05) is 29.5 Å². The summed E-state index contributed by atoms with van der Waals surface area (Å²) in [6.07, 6.45) is 1.45. The van der Waals surface area contributed by atoms with Gasteiger partial charge in [0.2, 0.25) is 11.5 Å². The molecule has 5 rings (SSSR count). The van der Waals surface area contributed by atoms with Crippen LogP contribution in [-0.4, -0.2) is 109 Å². The van der Waals surface area contributed by atoms with Crippen LogP contribution in [0.25, 0.3) is 0 Å². The number of benzene rings is 2. The molecule has 2 aromatic rings. The van der Waals surface area contributed by atoms with Crippen LogP contribution >= 0.6 is 0 Å². The number of hydrogen-bond donors (Lipinski definition) is 6. The van der Waals surface area contributed by atoms with Gasteiger partial charge in [-0.1, -0.05) is 0 Å². The van der Waals surface area contributed by atoms with Crippen LogP contribution in [0.2, 0.25) is 0 Å². The third kappa shape index (κ3) is 8.31. The zero-order valence-electron chi connectivity index (χ0n) is 29.4. The fraction of sp³-hybridized carbons (Fsp3) is 0.364. The van der Waals surface area contributed by atoms with Crippen molar-refractivity contribution in [1.82, 2.24) is 0 Å². The number of aliphatic hydroxyl groups is 1. The number of anilines is 1. The number of ketones is 1. The van der Waals surface area contributed by atoms with Gasteiger partial charge < -0.3 is 15.1 Å². The monoisotopic (exact) mass is 845 g/mol. The highest BCUT2D eigenvalue weighted by atomic mass is 32.2. The van der Waals surface area contributed by atoms with Gasteiger partial charge in [0.1, 0.15) is 12.3 Å². The number of hydrogen-bond acceptors (Lipinski definition) is 12. The number of carbonyl (C=O) groups excluding carboxylic acids is 1. The predicted octanol–water partition coefficient (Wildman–Crippen LogP) is 2.57. The molecule has 55 heavy (non-hydrogen) atoms. The highest BCUT2D eigenvalue weighted by Crippen LogP contribution is 2.52. The van der Waals surface area contributed by atoms with E-state index in [1.165, 1.54) is 42.2 Å². The quantitative estimate of drug-likeness (QED) is 0.0904. The van der Waals surface area contributed by atoms with Crippen LogP contribution in [0.3, 0.4) is 0 Å². The standard InChI is InChI=1S/C33H36N2O16S4/c1-32(2)23-14-19(54(46,47)48)6-8-25(23)34(10-4-12-52(40,41)42)27(32)16-21-30(38)22(31(21)39)17-28-33(3,18-29(36)37)24-15-20(55(49,50)51)7-9-26(24)35(28)11-5-13-53(43,44)45/h6-9,14-17H,4-5,10-13,18H2,1-3H3,(H5-,36,37,38,39,40,41,42,43,44,45,46,47,48,49,50,51)/p+1. The lowest BCUT2D eigenvalue weighted by Crippen LogP contribution is -2.34. The van der Waals surface area contributed by atoms with E-state index < -0.39 is 96.5 Å². The third-order valence-electron chi connectivity index (χ3n) is 9.80. The molecule has 1 atom stereocenters. The second-order valence-electron chi connectivity index (χ2n) is 14.0. The number of aliphatic carboxylic acids is 1. The number of nitrogens with zero attached hydrogens (tertiary/aromatic N) is 2. The molecule has 0 saturated heterocycles. The molecule has 0 fully saturated rings. The lowest BCUT2D eigenvalue weighted by atomic mass is 9.76. The molecule has 2 aliphatic heterocycles. The Bertz CT molecular complexity index is 2620. The molecule has 0 aromatic heterocycles. The molecule has 22 heteroatoms. The maximum atomic E-state index is 13.9. The Labute approximate surface area is 316 Å². The van der Waals surface area contributed by atoms with Crippen molar-refractivity contribution >= 4 is 69.3 Å². The molecule has 3 aliphatic rings. The predicted molar refractivity (Wildman–Crippen MR) is 195 cm³/mol. The Balaban J connectivity index is 1.67. The fourth-order valence-corrected chi connectivity index (χ4v) is 9.20. The molecule has 0 bridgehead atoms. The Kier molecular flexibility index (Phi) is 10.7. The first-order valence-electron chi connectivity index (χ1n) is 16.3. The molecule has 6 N–H and O–H groups in total. The minimum absolute atomic E-state index is 0.0347. The minimum Gasteiger partial charge on any atom is -0.506 e. The molecule has 1 unspecified atom stereocenters. The Morgan fingerprint density at radius 1 is 0.800 bits per heavy atom. The molecular formula is C33H37N2O16S4+. The maximum absolute atomic E-state index is 13.9. The molecule has 2 aromatic carbocycles. The lowest BCUT2D eigenvalue weighted by Gasteiger charge is -2.31. The number of carbonyl (C=O) groups is 2. The maximum Gasteiger partial charge on any atom is 0.304 e. The van der Waals surface area contributed by atoms with E-state index in [0.717, 1.165) is 18.2 Å². The zero-order chi connectivity index (χ0) is 41.3.